The smallest absolute Gasteiger partial charge is 0.329 e. The Morgan fingerprint density at radius 3 is 2.62 bits per heavy atom. The fourth-order valence-corrected chi connectivity index (χ4v) is 3.34. The molecule has 3 rings (SSSR count). The van der Waals surface area contributed by atoms with Crippen LogP contribution in [0.4, 0.5) is 5.82 Å². The molecule has 0 spiro atoms. The van der Waals surface area contributed by atoms with Crippen molar-refractivity contribution < 1.29 is 9.53 Å². The van der Waals surface area contributed by atoms with Crippen molar-refractivity contribution in [2.45, 2.75) is 45.6 Å². The number of ether oxygens (including phenoxy) is 1. The van der Waals surface area contributed by atoms with Gasteiger partial charge in [-0.15, -0.1) is 0 Å². The van der Waals surface area contributed by atoms with Gasteiger partial charge in [-0.25, -0.2) is 9.97 Å². The SMILES string of the molecule is CC1CCCN(c2nc3ccccc3nc2C(C#N)C(=O)OC(C)C)C1. The van der Waals surface area contributed by atoms with Gasteiger partial charge in [0.1, 0.15) is 5.69 Å². The summed E-state index contributed by atoms with van der Waals surface area (Å²) in [6.45, 7) is 7.44. The third-order valence-corrected chi connectivity index (χ3v) is 4.52. The average molecular weight is 352 g/mol. The molecule has 6 nitrogen and oxygen atoms in total. The first-order valence-corrected chi connectivity index (χ1v) is 9.11. The normalized spacial score (nSPS) is 18.6. The highest BCUT2D eigenvalue weighted by atomic mass is 16.5. The highest BCUT2D eigenvalue weighted by Gasteiger charge is 2.31. The molecule has 0 radical (unpaired) electrons. The number of esters is 1. The molecule has 0 bridgehead atoms. The quantitative estimate of drug-likeness (QED) is 0.785. The van der Waals surface area contributed by atoms with Crippen LogP contribution in [0.2, 0.25) is 0 Å². The number of carbonyl (C=O) groups excluding carboxylic acids is 1. The summed E-state index contributed by atoms with van der Waals surface area (Å²) < 4.78 is 5.29. The number of fused-ring (bicyclic) bond motifs is 1. The van der Waals surface area contributed by atoms with E-state index in [0.717, 1.165) is 25.0 Å². The molecule has 0 amide bonds. The molecule has 2 unspecified atom stereocenters. The highest BCUT2D eigenvalue weighted by Crippen LogP contribution is 2.30. The number of nitrogens with zero attached hydrogens (tertiary/aromatic N) is 4. The topological polar surface area (TPSA) is 79.1 Å². The first kappa shape index (κ1) is 18.1. The molecule has 0 N–H and O–H groups in total. The number of benzene rings is 1. The maximum Gasteiger partial charge on any atom is 0.329 e. The largest absolute Gasteiger partial charge is 0.462 e. The number of carbonyl (C=O) groups is 1. The molecular weight excluding hydrogens is 328 g/mol. The zero-order valence-electron chi connectivity index (χ0n) is 15.5. The minimum absolute atomic E-state index is 0.287. The number of hydrogen-bond donors (Lipinski definition) is 0. The molecule has 1 aliphatic heterocycles. The van der Waals surface area contributed by atoms with Gasteiger partial charge in [-0.1, -0.05) is 19.1 Å². The second-order valence-electron chi connectivity index (χ2n) is 7.16. The molecule has 136 valence electrons. The van der Waals surface area contributed by atoms with E-state index >= 15 is 0 Å². The van der Waals surface area contributed by atoms with Crippen LogP contribution in [-0.2, 0) is 9.53 Å². The molecule has 0 saturated carbocycles. The second-order valence-corrected chi connectivity index (χ2v) is 7.16. The molecule has 6 heteroatoms. The van der Waals surface area contributed by atoms with Gasteiger partial charge < -0.3 is 9.64 Å². The van der Waals surface area contributed by atoms with Gasteiger partial charge in [0.15, 0.2) is 11.7 Å². The van der Waals surface area contributed by atoms with E-state index in [-0.39, 0.29) is 6.10 Å². The molecule has 2 atom stereocenters. The van der Waals surface area contributed by atoms with Gasteiger partial charge >= 0.3 is 5.97 Å². The Kier molecular flexibility index (Phi) is 5.36. The fraction of sp³-hybridized carbons (Fsp3) is 0.500. The second kappa shape index (κ2) is 7.69. The Labute approximate surface area is 153 Å². The Morgan fingerprint density at radius 1 is 1.31 bits per heavy atom. The summed E-state index contributed by atoms with van der Waals surface area (Å²) in [4.78, 5) is 24.1. The van der Waals surface area contributed by atoms with Crippen molar-refractivity contribution in [1.29, 1.82) is 5.26 Å². The van der Waals surface area contributed by atoms with Crippen molar-refractivity contribution >= 4 is 22.8 Å². The number of hydrogen-bond acceptors (Lipinski definition) is 6. The summed E-state index contributed by atoms with van der Waals surface area (Å²) in [5.74, 6) is -0.490. The van der Waals surface area contributed by atoms with Crippen LogP contribution in [0.3, 0.4) is 0 Å². The number of nitriles is 1. The molecule has 1 fully saturated rings. The number of anilines is 1. The minimum Gasteiger partial charge on any atom is -0.462 e. The molecule has 1 aliphatic rings. The van der Waals surface area contributed by atoms with Crippen LogP contribution >= 0.6 is 0 Å². The van der Waals surface area contributed by atoms with Crippen molar-refractivity contribution in [1.82, 2.24) is 9.97 Å². The van der Waals surface area contributed by atoms with E-state index < -0.39 is 11.9 Å². The summed E-state index contributed by atoms with van der Waals surface area (Å²) in [6, 6.07) is 9.60. The minimum atomic E-state index is -1.08. The van der Waals surface area contributed by atoms with Crippen molar-refractivity contribution in [2.24, 2.45) is 5.92 Å². The van der Waals surface area contributed by atoms with Crippen LogP contribution in [0.1, 0.15) is 45.2 Å². The van der Waals surface area contributed by atoms with E-state index in [9.17, 15) is 10.1 Å². The third kappa shape index (κ3) is 3.77. The van der Waals surface area contributed by atoms with Crippen molar-refractivity contribution in [3.8, 4) is 6.07 Å². The molecule has 1 aromatic carbocycles. The maximum atomic E-state index is 12.5. The molecule has 1 aromatic heterocycles. The zero-order valence-corrected chi connectivity index (χ0v) is 15.5. The number of piperidine rings is 1. The lowest BCUT2D eigenvalue weighted by atomic mass is 9.99. The lowest BCUT2D eigenvalue weighted by molar-refractivity contribution is -0.147. The summed E-state index contributed by atoms with van der Waals surface area (Å²) in [5.41, 5.74) is 1.83. The summed E-state index contributed by atoms with van der Waals surface area (Å²) in [6.07, 6.45) is 1.94. The van der Waals surface area contributed by atoms with Gasteiger partial charge in [0.05, 0.1) is 23.2 Å². The van der Waals surface area contributed by atoms with Gasteiger partial charge in [0.2, 0.25) is 0 Å². The van der Waals surface area contributed by atoms with Crippen molar-refractivity contribution in [3.05, 3.63) is 30.0 Å². The lowest BCUT2D eigenvalue weighted by Crippen LogP contribution is -2.36. The average Bonchev–Trinajstić information content (AvgIpc) is 2.61. The van der Waals surface area contributed by atoms with Gasteiger partial charge in [-0.3, -0.25) is 4.79 Å². The number of para-hydroxylation sites is 2. The fourth-order valence-electron chi connectivity index (χ4n) is 3.34. The van der Waals surface area contributed by atoms with Crippen LogP contribution in [-0.4, -0.2) is 35.1 Å². The first-order chi connectivity index (χ1) is 12.5. The Balaban J connectivity index is 2.10. The van der Waals surface area contributed by atoms with Crippen LogP contribution < -0.4 is 4.90 Å². The standard InChI is InChI=1S/C20H24N4O2/c1-13(2)26-20(25)15(11-21)18-19(24-10-6-7-14(3)12-24)23-17-9-5-4-8-16(17)22-18/h4-5,8-9,13-15H,6-7,10,12H2,1-3H3. The molecule has 2 aromatic rings. The summed E-state index contributed by atoms with van der Waals surface area (Å²) in [5, 5.41) is 9.67. The summed E-state index contributed by atoms with van der Waals surface area (Å²) in [7, 11) is 0. The monoisotopic (exact) mass is 352 g/mol. The molecule has 26 heavy (non-hydrogen) atoms. The third-order valence-electron chi connectivity index (χ3n) is 4.52. The van der Waals surface area contributed by atoms with Gasteiger partial charge in [-0.2, -0.15) is 5.26 Å². The number of rotatable bonds is 4. The zero-order chi connectivity index (χ0) is 18.7. The Bertz CT molecular complexity index is 843. The van der Waals surface area contributed by atoms with Crippen LogP contribution in [0, 0.1) is 17.2 Å². The predicted molar refractivity (Wildman–Crippen MR) is 99.7 cm³/mol. The highest BCUT2D eigenvalue weighted by molar-refractivity contribution is 5.85. The summed E-state index contributed by atoms with van der Waals surface area (Å²) >= 11 is 0. The van der Waals surface area contributed by atoms with Gasteiger partial charge in [-0.05, 0) is 44.7 Å². The molecule has 0 aliphatic carbocycles. The maximum absolute atomic E-state index is 12.5. The van der Waals surface area contributed by atoms with Crippen molar-refractivity contribution in [2.75, 3.05) is 18.0 Å². The van der Waals surface area contributed by atoms with E-state index in [1.54, 1.807) is 13.8 Å². The molecular formula is C20H24N4O2. The van der Waals surface area contributed by atoms with Gasteiger partial charge in [0, 0.05) is 13.1 Å². The van der Waals surface area contributed by atoms with E-state index in [0.29, 0.717) is 22.9 Å². The van der Waals surface area contributed by atoms with Gasteiger partial charge in [0.25, 0.3) is 0 Å². The van der Waals surface area contributed by atoms with E-state index in [1.807, 2.05) is 24.3 Å². The van der Waals surface area contributed by atoms with E-state index in [4.69, 9.17) is 9.72 Å². The van der Waals surface area contributed by atoms with Crippen LogP contribution in [0.5, 0.6) is 0 Å². The van der Waals surface area contributed by atoms with E-state index in [1.165, 1.54) is 6.42 Å². The Morgan fingerprint density at radius 2 is 2.00 bits per heavy atom. The Hall–Kier alpha value is -2.68. The predicted octanol–water partition coefficient (Wildman–Crippen LogP) is 3.42. The van der Waals surface area contributed by atoms with E-state index in [2.05, 4.69) is 22.9 Å². The first-order valence-electron chi connectivity index (χ1n) is 9.11. The van der Waals surface area contributed by atoms with Crippen LogP contribution in [0.25, 0.3) is 11.0 Å². The number of aromatic nitrogens is 2. The van der Waals surface area contributed by atoms with Crippen LogP contribution in [0.15, 0.2) is 24.3 Å². The molecule has 1 saturated heterocycles. The van der Waals surface area contributed by atoms with Crippen molar-refractivity contribution in [3.63, 3.8) is 0 Å². The molecule has 2 heterocycles. The lowest BCUT2D eigenvalue weighted by Gasteiger charge is -2.33.